The van der Waals surface area contributed by atoms with Crippen molar-refractivity contribution in [3.05, 3.63) is 95.6 Å². The van der Waals surface area contributed by atoms with Gasteiger partial charge < -0.3 is 5.32 Å². The molecule has 0 atom stereocenters. The molecule has 0 aromatic heterocycles. The summed E-state index contributed by atoms with van der Waals surface area (Å²) < 4.78 is 30.0. The van der Waals surface area contributed by atoms with Crippen molar-refractivity contribution in [2.45, 2.75) is 19.4 Å². The molecule has 0 saturated carbocycles. The molecule has 0 saturated heterocycles. The molecule has 3 aromatic rings. The van der Waals surface area contributed by atoms with Gasteiger partial charge in [-0.15, -0.1) is 0 Å². The summed E-state index contributed by atoms with van der Waals surface area (Å²) in [4.78, 5) is 0. The van der Waals surface area contributed by atoms with E-state index in [9.17, 15) is 8.42 Å². The summed E-state index contributed by atoms with van der Waals surface area (Å²) in [6.45, 7) is 1.65. The van der Waals surface area contributed by atoms with E-state index in [1.165, 1.54) is 15.4 Å². The van der Waals surface area contributed by atoms with Gasteiger partial charge in [0.1, 0.15) is 0 Å². The minimum absolute atomic E-state index is 0.396. The third-order valence-corrected chi connectivity index (χ3v) is 7.18. The predicted molar refractivity (Wildman–Crippen MR) is 122 cm³/mol. The third kappa shape index (κ3) is 4.26. The smallest absolute Gasteiger partial charge is 0.308 e. The van der Waals surface area contributed by atoms with Crippen molar-refractivity contribution in [1.29, 1.82) is 0 Å². The minimum atomic E-state index is -3.64. The average molecular weight is 422 g/mol. The zero-order chi connectivity index (χ0) is 21.0. The SMILES string of the molecule is CNCCCN1Cc2cc(Cc3ccccc3)ccc2N(c2ccccc2)S1(=O)=O. The van der Waals surface area contributed by atoms with Crippen molar-refractivity contribution in [3.63, 3.8) is 0 Å². The largest absolute Gasteiger partial charge is 0.320 e. The predicted octanol–water partition coefficient (Wildman–Crippen LogP) is 4.09. The van der Waals surface area contributed by atoms with Gasteiger partial charge in [-0.3, -0.25) is 0 Å². The lowest BCUT2D eigenvalue weighted by Crippen LogP contribution is -2.46. The number of fused-ring (bicyclic) bond motifs is 1. The van der Waals surface area contributed by atoms with Crippen LogP contribution in [0.5, 0.6) is 0 Å². The standard InChI is InChI=1S/C24H27N3O2S/c1-25-15-8-16-26-19-22-18-21(17-20-9-4-2-5-10-20)13-14-24(22)27(30(26,28)29)23-11-6-3-7-12-23/h2-7,9-14,18,25H,8,15-17,19H2,1H3. The molecule has 1 N–H and O–H groups in total. The van der Waals surface area contributed by atoms with Crippen LogP contribution < -0.4 is 9.62 Å². The van der Waals surface area contributed by atoms with Crippen molar-refractivity contribution in [2.75, 3.05) is 24.4 Å². The fourth-order valence-corrected chi connectivity index (χ4v) is 5.59. The number of para-hydroxylation sites is 1. The molecular weight excluding hydrogens is 394 g/mol. The molecule has 0 amide bonds. The Morgan fingerprint density at radius 2 is 1.60 bits per heavy atom. The van der Waals surface area contributed by atoms with E-state index in [1.54, 1.807) is 4.31 Å². The Balaban J connectivity index is 1.73. The molecule has 0 aliphatic carbocycles. The van der Waals surface area contributed by atoms with Gasteiger partial charge in [-0.1, -0.05) is 60.7 Å². The summed E-state index contributed by atoms with van der Waals surface area (Å²) in [5, 5.41) is 3.10. The number of nitrogens with one attached hydrogen (secondary N) is 1. The maximum atomic E-state index is 13.5. The molecule has 0 unspecified atom stereocenters. The Kier molecular flexibility index (Phi) is 6.18. The zero-order valence-corrected chi connectivity index (χ0v) is 18.0. The second-order valence-electron chi connectivity index (χ2n) is 7.52. The minimum Gasteiger partial charge on any atom is -0.320 e. The lowest BCUT2D eigenvalue weighted by molar-refractivity contribution is 0.392. The Labute approximate surface area is 179 Å². The first-order chi connectivity index (χ1) is 14.6. The summed E-state index contributed by atoms with van der Waals surface area (Å²) in [6.07, 6.45) is 1.59. The maximum Gasteiger partial charge on any atom is 0.308 e. The van der Waals surface area contributed by atoms with E-state index in [4.69, 9.17) is 0 Å². The molecule has 1 heterocycles. The lowest BCUT2D eigenvalue weighted by atomic mass is 10.0. The molecule has 5 nitrogen and oxygen atoms in total. The average Bonchev–Trinajstić information content (AvgIpc) is 2.75. The molecule has 1 aliphatic heterocycles. The van der Waals surface area contributed by atoms with Crippen molar-refractivity contribution in [1.82, 2.24) is 9.62 Å². The molecule has 0 fully saturated rings. The normalized spacial score (nSPS) is 15.7. The summed E-state index contributed by atoms with van der Waals surface area (Å²) in [6, 6.07) is 25.8. The topological polar surface area (TPSA) is 52.6 Å². The van der Waals surface area contributed by atoms with E-state index >= 15 is 0 Å². The van der Waals surface area contributed by atoms with E-state index in [0.717, 1.165) is 30.6 Å². The van der Waals surface area contributed by atoms with Crippen molar-refractivity contribution in [2.24, 2.45) is 0 Å². The number of anilines is 2. The van der Waals surface area contributed by atoms with Crippen LogP contribution in [0.1, 0.15) is 23.1 Å². The van der Waals surface area contributed by atoms with Gasteiger partial charge in [0.2, 0.25) is 0 Å². The highest BCUT2D eigenvalue weighted by atomic mass is 32.2. The summed E-state index contributed by atoms with van der Waals surface area (Å²) in [7, 11) is -1.76. The highest BCUT2D eigenvalue weighted by Crippen LogP contribution is 2.38. The van der Waals surface area contributed by atoms with Gasteiger partial charge in [-0.2, -0.15) is 12.7 Å². The molecule has 3 aromatic carbocycles. The second kappa shape index (κ2) is 9.00. The van der Waals surface area contributed by atoms with Crippen LogP contribution in [0, 0.1) is 0 Å². The Bertz CT molecular complexity index is 1090. The first kappa shape index (κ1) is 20.6. The van der Waals surface area contributed by atoms with Crippen LogP contribution >= 0.6 is 0 Å². The molecule has 1 aliphatic rings. The summed E-state index contributed by atoms with van der Waals surface area (Å²) in [5.74, 6) is 0. The summed E-state index contributed by atoms with van der Waals surface area (Å²) in [5.41, 5.74) is 4.86. The highest BCUT2D eigenvalue weighted by Gasteiger charge is 2.37. The fraction of sp³-hybridized carbons (Fsp3) is 0.250. The van der Waals surface area contributed by atoms with Gasteiger partial charge in [-0.25, -0.2) is 4.31 Å². The molecule has 0 spiro atoms. The fourth-order valence-electron chi connectivity index (χ4n) is 3.88. The molecule has 0 bridgehead atoms. The molecule has 0 radical (unpaired) electrons. The van der Waals surface area contributed by atoms with Crippen LogP contribution in [0.25, 0.3) is 0 Å². The van der Waals surface area contributed by atoms with Crippen LogP contribution in [0.15, 0.2) is 78.9 Å². The first-order valence-corrected chi connectivity index (χ1v) is 11.6. The van der Waals surface area contributed by atoms with Crippen molar-refractivity contribution >= 4 is 21.6 Å². The van der Waals surface area contributed by atoms with Gasteiger partial charge >= 0.3 is 10.2 Å². The van der Waals surface area contributed by atoms with Crippen LogP contribution in [0.3, 0.4) is 0 Å². The maximum absolute atomic E-state index is 13.5. The number of rotatable bonds is 7. The molecular formula is C24H27N3O2S. The van der Waals surface area contributed by atoms with E-state index < -0.39 is 10.2 Å². The lowest BCUT2D eigenvalue weighted by Gasteiger charge is -2.37. The number of hydrogen-bond donors (Lipinski definition) is 1. The van der Waals surface area contributed by atoms with Crippen molar-refractivity contribution in [3.8, 4) is 0 Å². The first-order valence-electron chi connectivity index (χ1n) is 10.3. The van der Waals surface area contributed by atoms with Gasteiger partial charge in [-0.05, 0) is 61.3 Å². The van der Waals surface area contributed by atoms with Crippen LogP contribution in [-0.2, 0) is 23.2 Å². The molecule has 30 heavy (non-hydrogen) atoms. The summed E-state index contributed by atoms with van der Waals surface area (Å²) >= 11 is 0. The van der Waals surface area contributed by atoms with Gasteiger partial charge in [0.05, 0.1) is 11.4 Å². The number of benzene rings is 3. The second-order valence-corrected chi connectivity index (χ2v) is 9.30. The van der Waals surface area contributed by atoms with E-state index in [1.807, 2.05) is 67.7 Å². The molecule has 156 valence electrons. The van der Waals surface area contributed by atoms with Crippen LogP contribution in [-0.4, -0.2) is 32.9 Å². The quantitative estimate of drug-likeness (QED) is 0.585. The highest BCUT2D eigenvalue weighted by molar-refractivity contribution is 7.90. The van der Waals surface area contributed by atoms with Crippen LogP contribution in [0.4, 0.5) is 11.4 Å². The molecule has 6 heteroatoms. The Morgan fingerprint density at radius 1 is 0.900 bits per heavy atom. The van der Waals surface area contributed by atoms with E-state index in [2.05, 4.69) is 23.5 Å². The van der Waals surface area contributed by atoms with Gasteiger partial charge in [0.25, 0.3) is 0 Å². The Hall–Kier alpha value is -2.67. The zero-order valence-electron chi connectivity index (χ0n) is 17.2. The Morgan fingerprint density at radius 3 is 2.30 bits per heavy atom. The van der Waals surface area contributed by atoms with E-state index in [0.29, 0.717) is 18.8 Å². The monoisotopic (exact) mass is 421 g/mol. The van der Waals surface area contributed by atoms with E-state index in [-0.39, 0.29) is 0 Å². The van der Waals surface area contributed by atoms with Gasteiger partial charge in [0.15, 0.2) is 0 Å². The van der Waals surface area contributed by atoms with Crippen LogP contribution in [0.2, 0.25) is 0 Å². The number of hydrogen-bond acceptors (Lipinski definition) is 3. The number of nitrogens with zero attached hydrogens (tertiary/aromatic N) is 2. The van der Waals surface area contributed by atoms with Gasteiger partial charge in [0, 0.05) is 13.1 Å². The third-order valence-electron chi connectivity index (χ3n) is 5.34. The van der Waals surface area contributed by atoms with Crippen molar-refractivity contribution < 1.29 is 8.42 Å². The molecule has 4 rings (SSSR count).